The smallest absolute Gasteiger partial charge is 0.409 e. The molecule has 1 rings (SSSR count). The van der Waals surface area contributed by atoms with Crippen LogP contribution in [0.1, 0.15) is 0 Å². The number of ether oxygens (including phenoxy) is 1. The third-order valence-electron chi connectivity index (χ3n) is 1.28. The van der Waals surface area contributed by atoms with E-state index in [1.54, 1.807) is 12.1 Å². The molecule has 0 aliphatic rings. The Labute approximate surface area is 80.2 Å². The van der Waals surface area contributed by atoms with Gasteiger partial charge in [0.1, 0.15) is 5.75 Å². The highest BCUT2D eigenvalue weighted by atomic mass is 35.5. The summed E-state index contributed by atoms with van der Waals surface area (Å²) in [5.41, 5.74) is 0. The Morgan fingerprint density at radius 2 is 2.00 bits per heavy atom. The number of hydroxylamine groups is 2. The summed E-state index contributed by atoms with van der Waals surface area (Å²) in [7, 11) is 1.18. The van der Waals surface area contributed by atoms with Crippen molar-refractivity contribution in [3.63, 3.8) is 0 Å². The molecule has 0 aliphatic heterocycles. The SMILES string of the molecule is CN(O)C(=O)Oc1ccc(Cl)cc1. The number of hydrogen-bond acceptors (Lipinski definition) is 3. The van der Waals surface area contributed by atoms with Crippen LogP contribution in [0, 0.1) is 0 Å². The van der Waals surface area contributed by atoms with Crippen molar-refractivity contribution in [1.82, 2.24) is 5.06 Å². The van der Waals surface area contributed by atoms with Gasteiger partial charge in [-0.05, 0) is 24.3 Å². The number of nitrogens with zero attached hydrogens (tertiary/aromatic N) is 1. The lowest BCUT2D eigenvalue weighted by Crippen LogP contribution is -2.25. The Morgan fingerprint density at radius 3 is 2.46 bits per heavy atom. The number of carbonyl (C=O) groups is 1. The molecule has 4 nitrogen and oxygen atoms in total. The minimum absolute atomic E-state index is 0.329. The van der Waals surface area contributed by atoms with Crippen molar-refractivity contribution in [2.75, 3.05) is 7.05 Å². The summed E-state index contributed by atoms with van der Waals surface area (Å²) < 4.78 is 4.71. The van der Waals surface area contributed by atoms with Gasteiger partial charge in [-0.3, -0.25) is 5.21 Å². The van der Waals surface area contributed by atoms with Crippen molar-refractivity contribution in [2.45, 2.75) is 0 Å². The van der Waals surface area contributed by atoms with E-state index in [9.17, 15) is 4.79 Å². The van der Waals surface area contributed by atoms with Crippen molar-refractivity contribution in [3.05, 3.63) is 29.3 Å². The molecule has 0 heterocycles. The molecule has 1 N–H and O–H groups in total. The van der Waals surface area contributed by atoms with Gasteiger partial charge in [0.25, 0.3) is 0 Å². The molecule has 0 spiro atoms. The number of benzene rings is 1. The van der Waals surface area contributed by atoms with E-state index in [0.717, 1.165) is 0 Å². The number of rotatable bonds is 1. The fourth-order valence-corrected chi connectivity index (χ4v) is 0.795. The van der Waals surface area contributed by atoms with Crippen LogP contribution < -0.4 is 4.74 Å². The Kier molecular flexibility index (Phi) is 3.11. The van der Waals surface area contributed by atoms with Gasteiger partial charge in [0.15, 0.2) is 0 Å². The Balaban J connectivity index is 2.65. The number of amides is 1. The largest absolute Gasteiger partial charge is 0.438 e. The number of carbonyl (C=O) groups excluding carboxylic acids is 1. The average Bonchev–Trinajstić information content (AvgIpc) is 2.08. The van der Waals surface area contributed by atoms with E-state index in [-0.39, 0.29) is 0 Å². The maximum Gasteiger partial charge on any atom is 0.438 e. The average molecular weight is 202 g/mol. The molecule has 0 saturated carbocycles. The molecule has 1 amide bonds. The Morgan fingerprint density at radius 1 is 1.46 bits per heavy atom. The van der Waals surface area contributed by atoms with Crippen LogP contribution in [0.2, 0.25) is 5.02 Å². The number of halogens is 1. The van der Waals surface area contributed by atoms with Gasteiger partial charge >= 0.3 is 6.09 Å². The third kappa shape index (κ3) is 2.93. The topological polar surface area (TPSA) is 49.8 Å². The van der Waals surface area contributed by atoms with Gasteiger partial charge in [-0.25, -0.2) is 4.79 Å². The van der Waals surface area contributed by atoms with Crippen LogP contribution in [-0.2, 0) is 0 Å². The summed E-state index contributed by atoms with van der Waals surface area (Å²) in [6, 6.07) is 6.23. The van der Waals surface area contributed by atoms with Gasteiger partial charge in [0, 0.05) is 12.1 Å². The Bertz CT molecular complexity index is 297. The normalized spacial score (nSPS) is 9.46. The Hall–Kier alpha value is -1.26. The summed E-state index contributed by atoms with van der Waals surface area (Å²) >= 11 is 5.61. The molecule has 1 aromatic rings. The minimum atomic E-state index is -0.845. The van der Waals surface area contributed by atoms with Crippen molar-refractivity contribution >= 4 is 17.7 Å². The molecule has 0 fully saturated rings. The number of hydrogen-bond donors (Lipinski definition) is 1. The molecule has 70 valence electrons. The van der Waals surface area contributed by atoms with Crippen LogP contribution in [0.25, 0.3) is 0 Å². The second-order valence-corrected chi connectivity index (χ2v) is 2.78. The fraction of sp³-hybridized carbons (Fsp3) is 0.125. The van der Waals surface area contributed by atoms with Gasteiger partial charge in [0.2, 0.25) is 0 Å². The van der Waals surface area contributed by atoms with E-state index in [4.69, 9.17) is 21.5 Å². The standard InChI is InChI=1S/C8H8ClNO3/c1-10(12)8(11)13-7-4-2-6(9)3-5-7/h2-5,12H,1H3. The van der Waals surface area contributed by atoms with Crippen LogP contribution in [0.4, 0.5) is 4.79 Å². The van der Waals surface area contributed by atoms with Crippen LogP contribution in [0.15, 0.2) is 24.3 Å². The van der Waals surface area contributed by atoms with Crippen molar-refractivity contribution in [1.29, 1.82) is 0 Å². The molecule has 0 radical (unpaired) electrons. The molecule has 1 aromatic carbocycles. The van der Waals surface area contributed by atoms with Gasteiger partial charge in [-0.15, -0.1) is 0 Å². The van der Waals surface area contributed by atoms with Crippen LogP contribution in [0.3, 0.4) is 0 Å². The van der Waals surface area contributed by atoms with Gasteiger partial charge < -0.3 is 4.74 Å². The predicted octanol–water partition coefficient (Wildman–Crippen LogP) is 2.16. The second-order valence-electron chi connectivity index (χ2n) is 2.35. The lowest BCUT2D eigenvalue weighted by atomic mass is 10.3. The summed E-state index contributed by atoms with van der Waals surface area (Å²) in [6.45, 7) is 0. The van der Waals surface area contributed by atoms with Crippen molar-refractivity contribution < 1.29 is 14.7 Å². The minimum Gasteiger partial charge on any atom is -0.409 e. The highest BCUT2D eigenvalue weighted by molar-refractivity contribution is 6.30. The molecule has 5 heteroatoms. The first kappa shape index (κ1) is 9.83. The van der Waals surface area contributed by atoms with E-state index >= 15 is 0 Å². The van der Waals surface area contributed by atoms with Crippen LogP contribution >= 0.6 is 11.6 Å². The van der Waals surface area contributed by atoms with Gasteiger partial charge in [-0.2, -0.15) is 5.06 Å². The quantitative estimate of drug-likeness (QED) is 0.560. The molecule has 0 aliphatic carbocycles. The lowest BCUT2D eigenvalue weighted by molar-refractivity contribution is -0.0371. The summed E-state index contributed by atoms with van der Waals surface area (Å²) in [5, 5.41) is 9.58. The maximum absolute atomic E-state index is 10.8. The lowest BCUT2D eigenvalue weighted by Gasteiger charge is -2.08. The zero-order valence-corrected chi connectivity index (χ0v) is 7.65. The van der Waals surface area contributed by atoms with Gasteiger partial charge in [0.05, 0.1) is 0 Å². The van der Waals surface area contributed by atoms with Gasteiger partial charge in [-0.1, -0.05) is 11.6 Å². The molecule has 0 bridgehead atoms. The van der Waals surface area contributed by atoms with E-state index in [0.29, 0.717) is 15.8 Å². The molecule has 0 saturated heterocycles. The van der Waals surface area contributed by atoms with Crippen molar-refractivity contribution in [2.24, 2.45) is 0 Å². The fourth-order valence-electron chi connectivity index (χ4n) is 0.670. The monoisotopic (exact) mass is 201 g/mol. The molecule has 13 heavy (non-hydrogen) atoms. The molecule has 0 unspecified atom stereocenters. The van der Waals surface area contributed by atoms with Crippen LogP contribution in [0.5, 0.6) is 5.75 Å². The summed E-state index contributed by atoms with van der Waals surface area (Å²) in [5.74, 6) is 0.329. The zero-order chi connectivity index (χ0) is 9.84. The molecular formula is C8H8ClNO3. The first-order chi connectivity index (χ1) is 6.09. The van der Waals surface area contributed by atoms with Crippen LogP contribution in [-0.4, -0.2) is 23.4 Å². The summed E-state index contributed by atoms with van der Waals surface area (Å²) in [4.78, 5) is 10.8. The predicted molar refractivity (Wildman–Crippen MR) is 47.0 cm³/mol. The summed E-state index contributed by atoms with van der Waals surface area (Å²) in [6.07, 6.45) is -0.845. The molecule has 0 atom stereocenters. The maximum atomic E-state index is 10.8. The van der Waals surface area contributed by atoms with E-state index in [1.165, 1.54) is 19.2 Å². The highest BCUT2D eigenvalue weighted by Gasteiger charge is 2.07. The first-order valence-corrected chi connectivity index (χ1v) is 3.87. The molecular weight excluding hydrogens is 194 g/mol. The van der Waals surface area contributed by atoms with E-state index in [1.807, 2.05) is 0 Å². The third-order valence-corrected chi connectivity index (χ3v) is 1.53. The highest BCUT2D eigenvalue weighted by Crippen LogP contribution is 2.15. The van der Waals surface area contributed by atoms with Crippen molar-refractivity contribution in [3.8, 4) is 5.75 Å². The zero-order valence-electron chi connectivity index (χ0n) is 6.90. The van der Waals surface area contributed by atoms with E-state index < -0.39 is 6.09 Å². The first-order valence-electron chi connectivity index (χ1n) is 3.49. The molecule has 0 aromatic heterocycles. The van der Waals surface area contributed by atoms with E-state index in [2.05, 4.69) is 0 Å². The second kappa shape index (κ2) is 4.11.